The summed E-state index contributed by atoms with van der Waals surface area (Å²) in [7, 11) is 0. The third-order valence-corrected chi connectivity index (χ3v) is 2.22. The molecule has 0 amide bonds. The fourth-order valence-electron chi connectivity index (χ4n) is 1.56. The van der Waals surface area contributed by atoms with Crippen LogP contribution in [-0.2, 0) is 0 Å². The zero-order valence-corrected chi connectivity index (χ0v) is 7.80. The minimum absolute atomic E-state index is 0.296. The first-order chi connectivity index (χ1) is 5.11. The average Bonchev–Trinajstić information content (AvgIpc) is 2.63. The van der Waals surface area contributed by atoms with Crippen LogP contribution in [0.15, 0.2) is 0 Å². The first kappa shape index (κ1) is 9.01. The molecule has 66 valence electrons. The van der Waals surface area contributed by atoms with Crippen molar-refractivity contribution in [2.24, 2.45) is 11.7 Å². The monoisotopic (exact) mass is 156 g/mol. The molecule has 0 aromatic carbocycles. The van der Waals surface area contributed by atoms with Gasteiger partial charge in [0.2, 0.25) is 0 Å². The molecule has 0 bridgehead atoms. The van der Waals surface area contributed by atoms with Gasteiger partial charge in [0.1, 0.15) is 0 Å². The highest BCUT2D eigenvalue weighted by Crippen LogP contribution is 2.33. The van der Waals surface area contributed by atoms with Gasteiger partial charge in [-0.1, -0.05) is 13.8 Å². The number of nitrogens with one attached hydrogen (secondary N) is 1. The van der Waals surface area contributed by atoms with Gasteiger partial charge in [0.25, 0.3) is 0 Å². The predicted octanol–water partition coefficient (Wildman–Crippen LogP) is 1.11. The molecule has 2 heteroatoms. The third kappa shape index (κ3) is 2.80. The molecule has 1 aliphatic rings. The zero-order chi connectivity index (χ0) is 8.43. The van der Waals surface area contributed by atoms with Crippen molar-refractivity contribution < 1.29 is 0 Å². The Bertz CT molecular complexity index is 115. The molecule has 1 rings (SSSR count). The fourth-order valence-corrected chi connectivity index (χ4v) is 1.56. The molecule has 0 radical (unpaired) electrons. The van der Waals surface area contributed by atoms with Crippen molar-refractivity contribution in [1.29, 1.82) is 0 Å². The van der Waals surface area contributed by atoms with E-state index in [9.17, 15) is 0 Å². The number of hydrogen-bond acceptors (Lipinski definition) is 2. The molecule has 0 aromatic heterocycles. The highest BCUT2D eigenvalue weighted by atomic mass is 15.0. The average molecular weight is 156 g/mol. The first-order valence-electron chi connectivity index (χ1n) is 4.63. The largest absolute Gasteiger partial charge is 0.327 e. The molecule has 11 heavy (non-hydrogen) atoms. The molecule has 0 aromatic rings. The van der Waals surface area contributed by atoms with Crippen LogP contribution in [0.4, 0.5) is 0 Å². The Kier molecular flexibility index (Phi) is 2.90. The van der Waals surface area contributed by atoms with Crippen molar-refractivity contribution in [2.45, 2.75) is 51.7 Å². The molecular weight excluding hydrogens is 136 g/mol. The van der Waals surface area contributed by atoms with E-state index in [1.807, 2.05) is 0 Å². The SMILES string of the molecule is CC(C)NC(C1CC1)[C@H](C)N. The highest BCUT2D eigenvalue weighted by molar-refractivity contribution is 4.91. The normalized spacial score (nSPS) is 23.7. The van der Waals surface area contributed by atoms with Crippen LogP contribution in [0.25, 0.3) is 0 Å². The van der Waals surface area contributed by atoms with Gasteiger partial charge >= 0.3 is 0 Å². The van der Waals surface area contributed by atoms with Gasteiger partial charge in [0.05, 0.1) is 0 Å². The summed E-state index contributed by atoms with van der Waals surface area (Å²) in [5, 5.41) is 3.52. The molecule has 2 nitrogen and oxygen atoms in total. The van der Waals surface area contributed by atoms with Crippen LogP contribution < -0.4 is 11.1 Å². The standard InChI is InChI=1S/C9H20N2/c1-6(2)11-9(7(3)10)8-4-5-8/h6-9,11H,4-5,10H2,1-3H3/t7-,9?/m0/s1. The van der Waals surface area contributed by atoms with E-state index in [-0.39, 0.29) is 0 Å². The number of rotatable bonds is 4. The molecule has 0 heterocycles. The Morgan fingerprint density at radius 3 is 2.09 bits per heavy atom. The molecule has 1 saturated carbocycles. The Hall–Kier alpha value is -0.0800. The summed E-state index contributed by atoms with van der Waals surface area (Å²) >= 11 is 0. The van der Waals surface area contributed by atoms with E-state index in [2.05, 4.69) is 26.1 Å². The van der Waals surface area contributed by atoms with Gasteiger partial charge in [-0.2, -0.15) is 0 Å². The molecular formula is C9H20N2. The van der Waals surface area contributed by atoms with Crippen molar-refractivity contribution in [2.75, 3.05) is 0 Å². The van der Waals surface area contributed by atoms with Crippen LogP contribution in [0.1, 0.15) is 33.6 Å². The van der Waals surface area contributed by atoms with Gasteiger partial charge in [0.15, 0.2) is 0 Å². The van der Waals surface area contributed by atoms with E-state index in [0.717, 1.165) is 5.92 Å². The van der Waals surface area contributed by atoms with Gasteiger partial charge in [-0.3, -0.25) is 0 Å². The van der Waals surface area contributed by atoms with E-state index in [0.29, 0.717) is 18.1 Å². The zero-order valence-electron chi connectivity index (χ0n) is 7.80. The summed E-state index contributed by atoms with van der Waals surface area (Å²) in [5.41, 5.74) is 5.86. The van der Waals surface area contributed by atoms with Crippen molar-refractivity contribution in [3.63, 3.8) is 0 Å². The molecule has 1 unspecified atom stereocenters. The van der Waals surface area contributed by atoms with Gasteiger partial charge < -0.3 is 11.1 Å². The Morgan fingerprint density at radius 1 is 1.27 bits per heavy atom. The summed E-state index contributed by atoms with van der Waals surface area (Å²) in [6, 6.07) is 1.41. The minimum atomic E-state index is 0.296. The second-order valence-electron chi connectivity index (χ2n) is 4.04. The van der Waals surface area contributed by atoms with Crippen LogP contribution in [0.5, 0.6) is 0 Å². The van der Waals surface area contributed by atoms with E-state index < -0.39 is 0 Å². The lowest BCUT2D eigenvalue weighted by Crippen LogP contribution is -2.47. The summed E-state index contributed by atoms with van der Waals surface area (Å²) in [5.74, 6) is 0.859. The quantitative estimate of drug-likeness (QED) is 0.640. The van der Waals surface area contributed by atoms with Crippen molar-refractivity contribution in [3.8, 4) is 0 Å². The van der Waals surface area contributed by atoms with Gasteiger partial charge in [-0.15, -0.1) is 0 Å². The lowest BCUT2D eigenvalue weighted by molar-refractivity contribution is 0.376. The number of hydrogen-bond donors (Lipinski definition) is 2. The molecule has 2 atom stereocenters. The molecule has 0 aliphatic heterocycles. The maximum absolute atomic E-state index is 5.86. The van der Waals surface area contributed by atoms with E-state index >= 15 is 0 Å². The van der Waals surface area contributed by atoms with Gasteiger partial charge in [0, 0.05) is 18.1 Å². The summed E-state index contributed by atoms with van der Waals surface area (Å²) in [6.07, 6.45) is 2.73. The Labute approximate surface area is 69.5 Å². The maximum Gasteiger partial charge on any atom is 0.0246 e. The van der Waals surface area contributed by atoms with Crippen molar-refractivity contribution in [1.82, 2.24) is 5.32 Å². The van der Waals surface area contributed by atoms with E-state index in [1.165, 1.54) is 12.8 Å². The summed E-state index contributed by atoms with van der Waals surface area (Å²) in [4.78, 5) is 0. The lowest BCUT2D eigenvalue weighted by Gasteiger charge is -2.24. The Morgan fingerprint density at radius 2 is 1.82 bits per heavy atom. The number of nitrogens with two attached hydrogens (primary N) is 1. The van der Waals surface area contributed by atoms with Crippen LogP contribution in [-0.4, -0.2) is 18.1 Å². The fraction of sp³-hybridized carbons (Fsp3) is 1.00. The van der Waals surface area contributed by atoms with Gasteiger partial charge in [-0.25, -0.2) is 0 Å². The predicted molar refractivity (Wildman–Crippen MR) is 48.4 cm³/mol. The van der Waals surface area contributed by atoms with Crippen molar-refractivity contribution >= 4 is 0 Å². The second kappa shape index (κ2) is 3.55. The van der Waals surface area contributed by atoms with E-state index in [4.69, 9.17) is 5.73 Å². The first-order valence-corrected chi connectivity index (χ1v) is 4.63. The molecule has 0 saturated heterocycles. The smallest absolute Gasteiger partial charge is 0.0246 e. The van der Waals surface area contributed by atoms with Crippen LogP contribution in [0.3, 0.4) is 0 Å². The summed E-state index contributed by atoms with van der Waals surface area (Å²) < 4.78 is 0. The molecule has 0 spiro atoms. The van der Waals surface area contributed by atoms with Crippen LogP contribution >= 0.6 is 0 Å². The van der Waals surface area contributed by atoms with Crippen LogP contribution in [0.2, 0.25) is 0 Å². The second-order valence-corrected chi connectivity index (χ2v) is 4.04. The van der Waals surface area contributed by atoms with E-state index in [1.54, 1.807) is 0 Å². The topological polar surface area (TPSA) is 38.0 Å². The highest BCUT2D eigenvalue weighted by Gasteiger charge is 2.33. The van der Waals surface area contributed by atoms with Gasteiger partial charge in [-0.05, 0) is 25.7 Å². The minimum Gasteiger partial charge on any atom is -0.327 e. The Balaban J connectivity index is 2.32. The molecule has 3 N–H and O–H groups in total. The third-order valence-electron chi connectivity index (χ3n) is 2.22. The molecule has 1 aliphatic carbocycles. The van der Waals surface area contributed by atoms with Crippen LogP contribution in [0, 0.1) is 5.92 Å². The molecule has 1 fully saturated rings. The van der Waals surface area contributed by atoms with Crippen molar-refractivity contribution in [3.05, 3.63) is 0 Å². The lowest BCUT2D eigenvalue weighted by atomic mass is 10.1. The summed E-state index contributed by atoms with van der Waals surface area (Å²) in [6.45, 7) is 6.45. The maximum atomic E-state index is 5.86.